The molecule has 0 spiro atoms. The largest absolute Gasteiger partial charge is 0.481 e. The van der Waals surface area contributed by atoms with Crippen LogP contribution in [0.4, 0.5) is 0 Å². The van der Waals surface area contributed by atoms with Crippen LogP contribution in [0.1, 0.15) is 5.56 Å². The first-order chi connectivity index (χ1) is 10.2. The van der Waals surface area contributed by atoms with Gasteiger partial charge in [0.2, 0.25) is 5.88 Å². The van der Waals surface area contributed by atoms with Gasteiger partial charge < -0.3 is 9.47 Å². The number of rotatable bonds is 6. The minimum Gasteiger partial charge on any atom is -0.481 e. The molecule has 9 heteroatoms. The molecule has 1 N–H and O–H groups in total. The van der Waals surface area contributed by atoms with Gasteiger partial charge in [-0.2, -0.15) is 0 Å². The van der Waals surface area contributed by atoms with E-state index in [2.05, 4.69) is 22.1 Å². The molecule has 22 heavy (non-hydrogen) atoms. The number of nitrogens with one attached hydrogen (secondary N) is 1. The van der Waals surface area contributed by atoms with Gasteiger partial charge in [-0.05, 0) is 19.1 Å². The number of hydrogen-bond donors (Lipinski definition) is 2. The molecule has 0 saturated heterocycles. The normalized spacial score (nSPS) is 12.2. The standard InChI is InChI=1S/C13H15NO5S3/c1-8-4-6-9(7-5-8)22(16,17)14-12(18-2)10(20)11(21)13(15)19-3/h4-7,14,20H,1-3H3/b12-10+. The number of carbonyl (C=O) groups is 1. The summed E-state index contributed by atoms with van der Waals surface area (Å²) >= 11 is 8.86. The molecule has 0 unspecified atom stereocenters. The lowest BCUT2D eigenvalue weighted by molar-refractivity contribution is -0.132. The molecule has 1 aromatic rings. The van der Waals surface area contributed by atoms with E-state index in [1.807, 2.05) is 6.92 Å². The van der Waals surface area contributed by atoms with Gasteiger partial charge in [0.1, 0.15) is 4.86 Å². The quantitative estimate of drug-likeness (QED) is 0.263. The number of benzene rings is 1. The van der Waals surface area contributed by atoms with Crippen molar-refractivity contribution in [1.29, 1.82) is 0 Å². The third-order valence-corrected chi connectivity index (χ3v) is 4.86. The Bertz CT molecular complexity index is 708. The fourth-order valence-electron chi connectivity index (χ4n) is 1.38. The lowest BCUT2D eigenvalue weighted by atomic mass is 10.2. The van der Waals surface area contributed by atoms with Gasteiger partial charge in [-0.1, -0.05) is 29.9 Å². The number of methoxy groups -OCH3 is 2. The number of aryl methyl sites for hydroxylation is 1. The molecule has 0 aliphatic heterocycles. The summed E-state index contributed by atoms with van der Waals surface area (Å²) in [6.45, 7) is 1.84. The highest BCUT2D eigenvalue weighted by Gasteiger charge is 2.22. The first-order valence-electron chi connectivity index (χ1n) is 5.92. The number of thiol groups is 1. The fourth-order valence-corrected chi connectivity index (χ4v) is 2.91. The summed E-state index contributed by atoms with van der Waals surface area (Å²) in [7, 11) is -1.52. The molecular weight excluding hydrogens is 346 g/mol. The van der Waals surface area contributed by atoms with E-state index in [9.17, 15) is 13.2 Å². The fraction of sp³-hybridized carbons (Fsp3) is 0.231. The van der Waals surface area contributed by atoms with Gasteiger partial charge >= 0.3 is 5.97 Å². The molecule has 120 valence electrons. The SMILES string of the molecule is COC(=O)C(=S)/C(S)=C(/NS(=O)(=O)c1ccc(C)cc1)OC. The number of esters is 1. The Morgan fingerprint density at radius 1 is 1.18 bits per heavy atom. The van der Waals surface area contributed by atoms with Gasteiger partial charge in [-0.15, -0.1) is 12.6 Å². The highest BCUT2D eigenvalue weighted by Crippen LogP contribution is 2.16. The van der Waals surface area contributed by atoms with E-state index >= 15 is 0 Å². The van der Waals surface area contributed by atoms with E-state index in [1.165, 1.54) is 19.2 Å². The van der Waals surface area contributed by atoms with Crippen LogP contribution >= 0.6 is 24.8 Å². The predicted molar refractivity (Wildman–Crippen MR) is 89.1 cm³/mol. The minimum atomic E-state index is -3.89. The zero-order valence-corrected chi connectivity index (χ0v) is 14.6. The van der Waals surface area contributed by atoms with Crippen molar-refractivity contribution in [3.63, 3.8) is 0 Å². The summed E-state index contributed by atoms with van der Waals surface area (Å²) in [6, 6.07) is 6.21. The Labute approximate surface area is 140 Å². The van der Waals surface area contributed by atoms with Crippen molar-refractivity contribution in [3.8, 4) is 0 Å². The minimum absolute atomic E-state index is 0.0396. The summed E-state index contributed by atoms with van der Waals surface area (Å²) in [5.41, 5.74) is 0.920. The summed E-state index contributed by atoms with van der Waals surface area (Å²) in [4.78, 5) is 11.0. The van der Waals surface area contributed by atoms with E-state index in [1.54, 1.807) is 12.1 Å². The first-order valence-corrected chi connectivity index (χ1v) is 8.26. The topological polar surface area (TPSA) is 81.7 Å². The van der Waals surface area contributed by atoms with Crippen molar-refractivity contribution in [2.45, 2.75) is 11.8 Å². The van der Waals surface area contributed by atoms with Gasteiger partial charge in [-0.3, -0.25) is 0 Å². The lowest BCUT2D eigenvalue weighted by Gasteiger charge is -2.13. The van der Waals surface area contributed by atoms with Gasteiger partial charge in [0, 0.05) is 0 Å². The van der Waals surface area contributed by atoms with Crippen molar-refractivity contribution >= 4 is 45.7 Å². The van der Waals surface area contributed by atoms with Crippen LogP contribution < -0.4 is 4.72 Å². The summed E-state index contributed by atoms with van der Waals surface area (Å²) < 4.78 is 36.1. The van der Waals surface area contributed by atoms with Crippen molar-refractivity contribution in [2.75, 3.05) is 14.2 Å². The zero-order chi connectivity index (χ0) is 16.9. The average molecular weight is 361 g/mol. The van der Waals surface area contributed by atoms with Crippen molar-refractivity contribution in [3.05, 3.63) is 40.6 Å². The van der Waals surface area contributed by atoms with Crippen LogP contribution in [-0.2, 0) is 24.3 Å². The Morgan fingerprint density at radius 2 is 1.73 bits per heavy atom. The van der Waals surface area contributed by atoms with Crippen LogP contribution in [0.15, 0.2) is 39.9 Å². The highest BCUT2D eigenvalue weighted by atomic mass is 32.2. The van der Waals surface area contributed by atoms with Crippen LogP contribution in [0.3, 0.4) is 0 Å². The second-order valence-corrected chi connectivity index (χ2v) is 6.66. The predicted octanol–water partition coefficient (Wildman–Crippen LogP) is 1.56. The van der Waals surface area contributed by atoms with E-state index in [-0.39, 0.29) is 20.5 Å². The maximum absolute atomic E-state index is 12.3. The first kappa shape index (κ1) is 18.5. The van der Waals surface area contributed by atoms with Crippen molar-refractivity contribution in [2.24, 2.45) is 0 Å². The van der Waals surface area contributed by atoms with E-state index in [4.69, 9.17) is 17.0 Å². The number of hydrogen-bond acceptors (Lipinski definition) is 7. The molecule has 6 nitrogen and oxygen atoms in total. The smallest absolute Gasteiger partial charge is 0.350 e. The van der Waals surface area contributed by atoms with E-state index < -0.39 is 16.0 Å². The molecule has 0 saturated carbocycles. The molecule has 1 aromatic carbocycles. The Morgan fingerprint density at radius 3 is 2.18 bits per heavy atom. The Balaban J connectivity index is 3.15. The molecule has 0 fully saturated rings. The van der Waals surface area contributed by atoms with Crippen molar-refractivity contribution in [1.82, 2.24) is 4.72 Å². The molecule has 0 radical (unpaired) electrons. The Kier molecular flexibility index (Phi) is 6.39. The van der Waals surface area contributed by atoms with Crippen LogP contribution in [0.25, 0.3) is 0 Å². The second-order valence-electron chi connectivity index (χ2n) is 4.12. The molecule has 0 aromatic heterocycles. The summed E-state index contributed by atoms with van der Waals surface area (Å²) in [6.07, 6.45) is 0. The number of sulfonamides is 1. The Hall–Kier alpha value is -1.58. The molecule has 0 atom stereocenters. The lowest BCUT2D eigenvalue weighted by Crippen LogP contribution is -2.27. The molecule has 1 rings (SSSR count). The molecule has 0 amide bonds. The van der Waals surface area contributed by atoms with Crippen LogP contribution in [0, 0.1) is 6.92 Å². The second kappa shape index (κ2) is 7.61. The van der Waals surface area contributed by atoms with E-state index in [0.29, 0.717) is 0 Å². The molecular formula is C13H15NO5S3. The third-order valence-electron chi connectivity index (χ3n) is 2.56. The third kappa shape index (κ3) is 4.46. The summed E-state index contributed by atoms with van der Waals surface area (Å²) in [5.74, 6) is -1.08. The number of carbonyl (C=O) groups excluding carboxylic acids is 1. The molecule has 0 aliphatic rings. The number of ether oxygens (including phenoxy) is 2. The van der Waals surface area contributed by atoms with Gasteiger partial charge in [0.05, 0.1) is 24.0 Å². The summed E-state index contributed by atoms with van der Waals surface area (Å²) in [5, 5.41) is 0. The van der Waals surface area contributed by atoms with Gasteiger partial charge in [-0.25, -0.2) is 17.9 Å². The average Bonchev–Trinajstić information content (AvgIpc) is 2.50. The molecule has 0 heterocycles. The van der Waals surface area contributed by atoms with Crippen LogP contribution in [-0.4, -0.2) is 33.5 Å². The maximum Gasteiger partial charge on any atom is 0.350 e. The van der Waals surface area contributed by atoms with Gasteiger partial charge in [0.15, 0.2) is 0 Å². The zero-order valence-electron chi connectivity index (χ0n) is 12.1. The van der Waals surface area contributed by atoms with Crippen LogP contribution in [0.5, 0.6) is 0 Å². The molecule has 0 bridgehead atoms. The maximum atomic E-state index is 12.3. The molecule has 0 aliphatic carbocycles. The monoisotopic (exact) mass is 361 g/mol. The van der Waals surface area contributed by atoms with Crippen LogP contribution in [0.2, 0.25) is 0 Å². The van der Waals surface area contributed by atoms with Crippen molar-refractivity contribution < 1.29 is 22.7 Å². The highest BCUT2D eigenvalue weighted by molar-refractivity contribution is 7.91. The van der Waals surface area contributed by atoms with E-state index in [0.717, 1.165) is 12.7 Å². The van der Waals surface area contributed by atoms with Gasteiger partial charge in [0.25, 0.3) is 10.0 Å². The number of thiocarbonyl (C=S) groups is 1.